The molecular weight excluding hydrogens is 1200 g/mol. The fourth-order valence-corrected chi connectivity index (χ4v) is 15.3. The van der Waals surface area contributed by atoms with E-state index in [1.807, 2.05) is 24.3 Å². The van der Waals surface area contributed by atoms with E-state index < -0.39 is 102 Å². The average Bonchev–Trinajstić information content (AvgIpc) is 1.34. The van der Waals surface area contributed by atoms with Gasteiger partial charge in [0.25, 0.3) is 0 Å². The molecule has 0 saturated heterocycles. The second kappa shape index (κ2) is 34.4. The first kappa shape index (κ1) is 71.8. The highest BCUT2D eigenvalue weighted by Gasteiger charge is 2.66. The minimum absolute atomic E-state index is 0.00110. The molecule has 15 atom stereocenters. The van der Waals surface area contributed by atoms with E-state index in [2.05, 4.69) is 42.0 Å². The van der Waals surface area contributed by atoms with Gasteiger partial charge in [-0.3, -0.25) is 43.2 Å². The lowest BCUT2D eigenvalue weighted by atomic mass is 9.43. The number of rotatable bonds is 32. The Kier molecular flexibility index (Phi) is 26.3. The summed E-state index contributed by atoms with van der Waals surface area (Å²) in [6.07, 6.45) is 1.64. The first-order valence-corrected chi connectivity index (χ1v) is 33.3. The van der Waals surface area contributed by atoms with Crippen LogP contribution in [0.2, 0.25) is 0 Å². The summed E-state index contributed by atoms with van der Waals surface area (Å²) in [5.41, 5.74) is 8.46. The Balaban J connectivity index is 0.986. The van der Waals surface area contributed by atoms with E-state index in [0.717, 1.165) is 24.0 Å². The van der Waals surface area contributed by atoms with E-state index in [-0.39, 0.29) is 118 Å². The fourth-order valence-electron chi connectivity index (χ4n) is 15.3. The van der Waals surface area contributed by atoms with Gasteiger partial charge >= 0.3 is 29.8 Å². The van der Waals surface area contributed by atoms with Gasteiger partial charge in [0.1, 0.15) is 44.6 Å². The number of benzene rings is 4. The summed E-state index contributed by atoms with van der Waals surface area (Å²) in [6.45, 7) is 6.37. The molecule has 0 bridgehead atoms. The lowest BCUT2D eigenvalue weighted by molar-refractivity contribution is -0.202. The van der Waals surface area contributed by atoms with Crippen LogP contribution in [0.15, 0.2) is 121 Å². The molecule has 21 heteroatoms. The second-order valence-electron chi connectivity index (χ2n) is 26.7. The lowest BCUT2D eigenvalue weighted by Gasteiger charge is -2.63. The van der Waals surface area contributed by atoms with Crippen molar-refractivity contribution in [2.75, 3.05) is 7.11 Å². The minimum Gasteiger partial charge on any atom is -0.469 e. The molecule has 21 nitrogen and oxygen atoms in total. The van der Waals surface area contributed by atoms with Gasteiger partial charge in [-0.05, 0) is 146 Å². The predicted molar refractivity (Wildman–Crippen MR) is 346 cm³/mol. The Hall–Kier alpha value is -8.01. The number of ether oxygens (including phenoxy) is 5. The maximum atomic E-state index is 15.0. The summed E-state index contributed by atoms with van der Waals surface area (Å²) < 4.78 is 27.0. The van der Waals surface area contributed by atoms with Crippen LogP contribution in [0.4, 0.5) is 0 Å². The first-order chi connectivity index (χ1) is 45.1. The summed E-state index contributed by atoms with van der Waals surface area (Å²) in [5.74, 6) is -6.02. The zero-order valence-corrected chi connectivity index (χ0v) is 54.6. The van der Waals surface area contributed by atoms with Crippen molar-refractivity contribution in [2.45, 2.75) is 199 Å². The number of nitrogens with two attached hydrogens (primary N) is 1. The van der Waals surface area contributed by atoms with Crippen LogP contribution >= 0.6 is 0 Å². The molecule has 4 aliphatic rings. The largest absolute Gasteiger partial charge is 0.469 e. The molecule has 0 heterocycles. The zero-order valence-electron chi connectivity index (χ0n) is 54.6. The average molecular weight is 1300 g/mol. The molecule has 94 heavy (non-hydrogen) atoms. The van der Waals surface area contributed by atoms with Crippen molar-refractivity contribution in [1.82, 2.24) is 21.3 Å². The Morgan fingerprint density at radius 1 is 0.500 bits per heavy atom. The highest BCUT2D eigenvalue weighted by atomic mass is 16.5. The molecule has 0 radical (unpaired) electrons. The number of aliphatic hydroxyl groups is 2. The number of aliphatic hydroxyl groups excluding tert-OH is 2. The van der Waals surface area contributed by atoms with Gasteiger partial charge in [0.05, 0.1) is 25.4 Å². The Morgan fingerprint density at radius 3 is 1.34 bits per heavy atom. The molecule has 4 saturated carbocycles. The van der Waals surface area contributed by atoms with Gasteiger partial charge in [0.15, 0.2) is 0 Å². The van der Waals surface area contributed by atoms with Gasteiger partial charge < -0.3 is 60.9 Å². The van der Waals surface area contributed by atoms with Gasteiger partial charge in [0, 0.05) is 38.1 Å². The molecule has 0 aliphatic heterocycles. The molecule has 8 rings (SSSR count). The van der Waals surface area contributed by atoms with Gasteiger partial charge in [-0.1, -0.05) is 142 Å². The summed E-state index contributed by atoms with van der Waals surface area (Å²) in [5, 5.41) is 35.7. The van der Waals surface area contributed by atoms with Crippen molar-refractivity contribution in [1.29, 1.82) is 0 Å². The number of amides is 4. The van der Waals surface area contributed by atoms with Gasteiger partial charge in [0.2, 0.25) is 23.6 Å². The highest BCUT2D eigenvalue weighted by molar-refractivity contribution is 5.95. The Bertz CT molecular complexity index is 3180. The number of fused-ring (bicyclic) bond motifs is 5. The predicted octanol–water partition coefficient (Wildman–Crippen LogP) is 7.54. The third kappa shape index (κ3) is 19.6. The fraction of sp³-hybridized carbons (Fsp3) is 0.548. The SMILES string of the molecule is COC(=O)CC[C@@H](C)[C@H]1CC[C@H]2[C@@H]3[C@H](O)C[C@@H]4C[C@@H](NC(=O)[C@H](CCC(=O)OCc5ccccc5)NC(=O)[C@H](CCC(=O)OCc5ccccc5)NC(=O)[C@H](CCC(=O)OCc5ccccc5)NC(=O)[C@@H](N)CCC(=O)OCc5ccccc5)CC[C@]4(C)[C@H]3C[C@H](O)[C@]12C. The molecule has 8 N–H and O–H groups in total. The van der Waals surface area contributed by atoms with Crippen molar-refractivity contribution in [3.63, 3.8) is 0 Å². The number of hydrogen-bond acceptors (Lipinski definition) is 17. The number of carbonyl (C=O) groups excluding carboxylic acids is 9. The quantitative estimate of drug-likeness (QED) is 0.0183. The molecular formula is C73H95N5O16. The zero-order chi connectivity index (χ0) is 67.4. The van der Waals surface area contributed by atoms with Crippen molar-refractivity contribution in [3.8, 4) is 0 Å². The number of hydrogen-bond donors (Lipinski definition) is 7. The number of methoxy groups -OCH3 is 1. The molecule has 4 aromatic carbocycles. The Morgan fingerprint density at radius 2 is 0.904 bits per heavy atom. The van der Waals surface area contributed by atoms with Crippen molar-refractivity contribution in [2.24, 2.45) is 52.1 Å². The minimum atomic E-state index is -1.59. The van der Waals surface area contributed by atoms with Crippen molar-refractivity contribution < 1.29 is 77.0 Å². The maximum Gasteiger partial charge on any atom is 0.306 e. The molecule has 508 valence electrons. The van der Waals surface area contributed by atoms with Gasteiger partial charge in [-0.15, -0.1) is 0 Å². The van der Waals surface area contributed by atoms with Crippen LogP contribution in [0, 0.1) is 46.3 Å². The van der Waals surface area contributed by atoms with Gasteiger partial charge in [-0.2, -0.15) is 0 Å². The van der Waals surface area contributed by atoms with Crippen molar-refractivity contribution >= 4 is 53.5 Å². The molecule has 4 aromatic rings. The molecule has 4 fully saturated rings. The first-order valence-electron chi connectivity index (χ1n) is 33.3. The molecule has 0 unspecified atom stereocenters. The van der Waals surface area contributed by atoms with Crippen molar-refractivity contribution in [3.05, 3.63) is 144 Å². The third-order valence-corrected chi connectivity index (χ3v) is 20.7. The lowest BCUT2D eigenvalue weighted by Crippen LogP contribution is -2.63. The van der Waals surface area contributed by atoms with E-state index in [0.29, 0.717) is 56.1 Å². The van der Waals surface area contributed by atoms with E-state index in [9.17, 15) is 53.4 Å². The molecule has 0 spiro atoms. The van der Waals surface area contributed by atoms with Crippen LogP contribution in [0.25, 0.3) is 0 Å². The number of nitrogens with one attached hydrogen (secondary N) is 4. The van der Waals surface area contributed by atoms with E-state index in [1.165, 1.54) is 7.11 Å². The normalized spacial score (nSPS) is 25.1. The van der Waals surface area contributed by atoms with Crippen LogP contribution in [-0.2, 0) is 93.3 Å². The smallest absolute Gasteiger partial charge is 0.306 e. The molecule has 0 aromatic heterocycles. The van der Waals surface area contributed by atoms with E-state index in [1.54, 1.807) is 97.1 Å². The molecule has 4 amide bonds. The van der Waals surface area contributed by atoms with Gasteiger partial charge in [-0.25, -0.2) is 0 Å². The Labute approximate surface area is 551 Å². The number of esters is 5. The monoisotopic (exact) mass is 1300 g/mol. The summed E-state index contributed by atoms with van der Waals surface area (Å²) in [7, 11) is 1.39. The van der Waals surface area contributed by atoms with Crippen LogP contribution in [-0.4, -0.2) is 113 Å². The summed E-state index contributed by atoms with van der Waals surface area (Å²) >= 11 is 0. The van der Waals surface area contributed by atoms with Crippen LogP contribution in [0.3, 0.4) is 0 Å². The number of carbonyl (C=O) groups is 9. The maximum absolute atomic E-state index is 15.0. The van der Waals surface area contributed by atoms with E-state index >= 15 is 0 Å². The second-order valence-corrected chi connectivity index (χ2v) is 26.7. The molecule has 4 aliphatic carbocycles. The topological polar surface area (TPSA) is 314 Å². The summed E-state index contributed by atoms with van der Waals surface area (Å²) in [4.78, 5) is 123. The third-order valence-electron chi connectivity index (χ3n) is 20.7. The van der Waals surface area contributed by atoms with E-state index in [4.69, 9.17) is 29.4 Å². The van der Waals surface area contributed by atoms with Crippen LogP contribution in [0.5, 0.6) is 0 Å². The standard InChI is InChI=1S/C73H95N5O16/c1-46(25-32-62(81)90-4)53-26-27-54-67-55(41-61(80)73(53,54)3)72(2)38-37-52(39-51(72)40-60(67)79)75-69(87)57(29-34-64(83)92-43-48-19-11-6-12-20-48)77-71(89)59(31-36-66(85)94-45-50-23-15-8-16-24-50)78-70(88)58(30-35-65(84)93-44-49-21-13-7-14-22-49)76-68(86)56(74)28-33-63(82)91-42-47-17-9-5-10-18-47/h5-24,46,51-61,67,79-80H,25-45,74H2,1-4H3,(H,75,87)(H,76,86)(H,77,89)(H,78,88)/t46-,51+,52+,53-,54+,55+,56+,57+,58+,59+,60-,61+,67+,72+,73-/m1/s1. The summed E-state index contributed by atoms with van der Waals surface area (Å²) in [6, 6.07) is 29.5. The van der Waals surface area contributed by atoms with Crippen LogP contribution in [0.1, 0.15) is 152 Å². The van der Waals surface area contributed by atoms with Crippen LogP contribution < -0.4 is 27.0 Å². The highest BCUT2D eigenvalue weighted by Crippen LogP contribution is 2.68.